The number of aromatic nitrogens is 2. The normalized spacial score (nSPS) is 13.8. The predicted molar refractivity (Wildman–Crippen MR) is 130 cm³/mol. The van der Waals surface area contributed by atoms with Gasteiger partial charge in [-0.3, -0.25) is 4.79 Å². The van der Waals surface area contributed by atoms with Crippen LogP contribution in [0.1, 0.15) is 24.8 Å². The fourth-order valence-electron chi connectivity index (χ4n) is 4.35. The first kappa shape index (κ1) is 20.2. The van der Waals surface area contributed by atoms with E-state index < -0.39 is 0 Å². The van der Waals surface area contributed by atoms with Crippen molar-refractivity contribution in [1.29, 1.82) is 0 Å². The highest BCUT2D eigenvalue weighted by Gasteiger charge is 2.13. The van der Waals surface area contributed by atoms with Crippen molar-refractivity contribution in [3.8, 4) is 11.3 Å². The van der Waals surface area contributed by atoms with Gasteiger partial charge in [0.25, 0.3) is 0 Å². The lowest BCUT2D eigenvalue weighted by Gasteiger charge is -2.27. The first-order valence-corrected chi connectivity index (χ1v) is 11.2. The predicted octanol–water partition coefficient (Wildman–Crippen LogP) is 5.47. The number of rotatable bonds is 5. The molecular formula is C27H26N4O. The van der Waals surface area contributed by atoms with Crippen LogP contribution in [0.4, 0.5) is 11.5 Å². The molecule has 5 heteroatoms. The van der Waals surface area contributed by atoms with Crippen molar-refractivity contribution >= 4 is 28.2 Å². The molecule has 3 aromatic carbocycles. The fraction of sp³-hybridized carbons (Fsp3) is 0.222. The van der Waals surface area contributed by atoms with Gasteiger partial charge in [0, 0.05) is 24.3 Å². The quantitative estimate of drug-likeness (QED) is 0.463. The molecule has 1 fully saturated rings. The molecule has 0 spiro atoms. The highest BCUT2D eigenvalue weighted by Crippen LogP contribution is 2.24. The Hall–Kier alpha value is -3.73. The second-order valence-corrected chi connectivity index (χ2v) is 8.27. The Bertz CT molecular complexity index is 1220. The van der Waals surface area contributed by atoms with E-state index in [9.17, 15) is 4.79 Å². The maximum atomic E-state index is 12.7. The maximum absolute atomic E-state index is 12.7. The van der Waals surface area contributed by atoms with Gasteiger partial charge in [0.2, 0.25) is 5.91 Å². The van der Waals surface area contributed by atoms with E-state index in [0.29, 0.717) is 6.42 Å². The number of hydrogen-bond donors (Lipinski definition) is 1. The lowest BCUT2D eigenvalue weighted by Crippen LogP contribution is -2.30. The third kappa shape index (κ3) is 4.47. The van der Waals surface area contributed by atoms with Crippen molar-refractivity contribution in [2.45, 2.75) is 25.7 Å². The number of fused-ring (bicyclic) bond motifs is 1. The van der Waals surface area contributed by atoms with Crippen LogP contribution in [0, 0.1) is 0 Å². The molecule has 1 aliphatic heterocycles. The minimum atomic E-state index is -0.0370. The van der Waals surface area contributed by atoms with Gasteiger partial charge in [-0.25, -0.2) is 0 Å². The summed E-state index contributed by atoms with van der Waals surface area (Å²) in [6.45, 7) is 2.10. The van der Waals surface area contributed by atoms with Crippen molar-refractivity contribution in [1.82, 2.24) is 10.2 Å². The molecule has 0 atom stereocenters. The molecule has 0 radical (unpaired) electrons. The number of carbonyl (C=O) groups excluding carboxylic acids is 1. The van der Waals surface area contributed by atoms with Gasteiger partial charge < -0.3 is 10.2 Å². The van der Waals surface area contributed by atoms with Gasteiger partial charge in [-0.05, 0) is 59.9 Å². The van der Waals surface area contributed by atoms with E-state index in [2.05, 4.69) is 38.6 Å². The Kier molecular flexibility index (Phi) is 5.79. The zero-order valence-electron chi connectivity index (χ0n) is 18.0. The SMILES string of the molecule is O=C(Cc1cccc2ccccc12)Nc1cccc(-c2ccc(N3CCCCC3)nn2)c1. The zero-order chi connectivity index (χ0) is 21.8. The summed E-state index contributed by atoms with van der Waals surface area (Å²) in [5, 5.41) is 14.2. The topological polar surface area (TPSA) is 58.1 Å². The molecule has 2 heterocycles. The molecule has 0 unspecified atom stereocenters. The number of benzene rings is 3. The summed E-state index contributed by atoms with van der Waals surface area (Å²) in [6, 6.07) is 26.0. The van der Waals surface area contributed by atoms with Gasteiger partial charge in [-0.2, -0.15) is 0 Å². The van der Waals surface area contributed by atoms with E-state index in [1.165, 1.54) is 19.3 Å². The Morgan fingerprint density at radius 1 is 0.844 bits per heavy atom. The zero-order valence-corrected chi connectivity index (χ0v) is 18.0. The Labute approximate surface area is 188 Å². The Morgan fingerprint density at radius 2 is 1.66 bits per heavy atom. The molecule has 0 bridgehead atoms. The molecule has 1 aliphatic rings. The number of carbonyl (C=O) groups is 1. The molecule has 5 rings (SSSR count). The molecule has 1 aromatic heterocycles. The maximum Gasteiger partial charge on any atom is 0.228 e. The average Bonchev–Trinajstić information content (AvgIpc) is 2.85. The second-order valence-electron chi connectivity index (χ2n) is 8.27. The van der Waals surface area contributed by atoms with Crippen LogP contribution in [0.2, 0.25) is 0 Å². The highest BCUT2D eigenvalue weighted by molar-refractivity contribution is 5.96. The summed E-state index contributed by atoms with van der Waals surface area (Å²) >= 11 is 0. The third-order valence-electron chi connectivity index (χ3n) is 6.00. The summed E-state index contributed by atoms with van der Waals surface area (Å²) in [4.78, 5) is 15.0. The van der Waals surface area contributed by atoms with Crippen LogP contribution in [0.15, 0.2) is 78.9 Å². The van der Waals surface area contributed by atoms with Gasteiger partial charge in [-0.1, -0.05) is 54.6 Å². The third-order valence-corrected chi connectivity index (χ3v) is 6.00. The van der Waals surface area contributed by atoms with E-state index in [1.807, 2.05) is 60.7 Å². The first-order chi connectivity index (χ1) is 15.8. The number of anilines is 2. The van der Waals surface area contributed by atoms with Gasteiger partial charge in [0.1, 0.15) is 0 Å². The molecule has 32 heavy (non-hydrogen) atoms. The summed E-state index contributed by atoms with van der Waals surface area (Å²) in [7, 11) is 0. The minimum Gasteiger partial charge on any atom is -0.355 e. The Balaban J connectivity index is 1.29. The van der Waals surface area contributed by atoms with Crippen LogP contribution in [0.25, 0.3) is 22.0 Å². The number of hydrogen-bond acceptors (Lipinski definition) is 4. The number of nitrogens with zero attached hydrogens (tertiary/aromatic N) is 3. The van der Waals surface area contributed by atoms with Crippen LogP contribution in [0.3, 0.4) is 0 Å². The summed E-state index contributed by atoms with van der Waals surface area (Å²) in [5.74, 6) is 0.901. The number of piperidine rings is 1. The van der Waals surface area contributed by atoms with Gasteiger partial charge in [-0.15, -0.1) is 10.2 Å². The molecule has 1 saturated heterocycles. The van der Waals surface area contributed by atoms with Crippen LogP contribution in [-0.2, 0) is 11.2 Å². The Morgan fingerprint density at radius 3 is 2.50 bits per heavy atom. The minimum absolute atomic E-state index is 0.0370. The van der Waals surface area contributed by atoms with Crippen LogP contribution in [0.5, 0.6) is 0 Å². The van der Waals surface area contributed by atoms with Crippen LogP contribution in [-0.4, -0.2) is 29.2 Å². The molecule has 160 valence electrons. The molecule has 0 aliphatic carbocycles. The molecule has 1 amide bonds. The summed E-state index contributed by atoms with van der Waals surface area (Å²) < 4.78 is 0. The lowest BCUT2D eigenvalue weighted by atomic mass is 10.0. The molecule has 1 N–H and O–H groups in total. The van der Waals surface area contributed by atoms with Crippen LogP contribution < -0.4 is 10.2 Å². The van der Waals surface area contributed by atoms with E-state index in [4.69, 9.17) is 0 Å². The van der Waals surface area contributed by atoms with E-state index in [1.54, 1.807) is 0 Å². The van der Waals surface area contributed by atoms with E-state index in [0.717, 1.165) is 52.2 Å². The summed E-state index contributed by atoms with van der Waals surface area (Å²) in [5.41, 5.74) is 3.52. The number of nitrogens with one attached hydrogen (secondary N) is 1. The molecule has 4 aromatic rings. The molecule has 5 nitrogen and oxygen atoms in total. The van der Waals surface area contributed by atoms with E-state index in [-0.39, 0.29) is 5.91 Å². The van der Waals surface area contributed by atoms with Crippen molar-refractivity contribution < 1.29 is 4.79 Å². The van der Waals surface area contributed by atoms with Crippen molar-refractivity contribution in [3.63, 3.8) is 0 Å². The van der Waals surface area contributed by atoms with Crippen molar-refractivity contribution in [2.24, 2.45) is 0 Å². The van der Waals surface area contributed by atoms with Crippen molar-refractivity contribution in [2.75, 3.05) is 23.3 Å². The first-order valence-electron chi connectivity index (χ1n) is 11.2. The summed E-state index contributed by atoms with van der Waals surface area (Å²) in [6.07, 6.45) is 4.05. The van der Waals surface area contributed by atoms with Gasteiger partial charge in [0.05, 0.1) is 12.1 Å². The smallest absolute Gasteiger partial charge is 0.228 e. The largest absolute Gasteiger partial charge is 0.355 e. The van der Waals surface area contributed by atoms with Crippen LogP contribution >= 0.6 is 0 Å². The highest BCUT2D eigenvalue weighted by atomic mass is 16.1. The second kappa shape index (κ2) is 9.18. The molecular weight excluding hydrogens is 396 g/mol. The van der Waals surface area contributed by atoms with Gasteiger partial charge in [0.15, 0.2) is 5.82 Å². The monoisotopic (exact) mass is 422 g/mol. The van der Waals surface area contributed by atoms with Gasteiger partial charge >= 0.3 is 0 Å². The lowest BCUT2D eigenvalue weighted by molar-refractivity contribution is -0.115. The number of amides is 1. The van der Waals surface area contributed by atoms with Crippen molar-refractivity contribution in [3.05, 3.63) is 84.4 Å². The fourth-order valence-corrected chi connectivity index (χ4v) is 4.35. The average molecular weight is 423 g/mol. The van der Waals surface area contributed by atoms with E-state index >= 15 is 0 Å². The standard InChI is InChI=1S/C27H26N4O/c32-27(19-21-10-6-9-20-8-2-3-13-24(20)21)28-23-12-7-11-22(18-23)25-14-15-26(30-29-25)31-16-4-1-5-17-31/h2-3,6-15,18H,1,4-5,16-17,19H2,(H,28,32). The molecule has 0 saturated carbocycles.